The van der Waals surface area contributed by atoms with Gasteiger partial charge in [-0.05, 0) is 107 Å². The Morgan fingerprint density at radius 3 is 1.69 bits per heavy atom. The zero-order chi connectivity index (χ0) is 35.8. The molecule has 0 spiro atoms. The number of rotatable bonds is 4. The molecule has 0 saturated carbocycles. The van der Waals surface area contributed by atoms with Crippen LogP contribution in [0.4, 0.5) is 4.39 Å². The quantitative estimate of drug-likeness (QED) is 0.168. The third kappa shape index (κ3) is 4.49. The molecular weight excluding hydrogens is 660 g/mol. The molecule has 252 valence electrons. The van der Waals surface area contributed by atoms with Gasteiger partial charge in [-0.15, -0.1) is 0 Å². The molecule has 3 heteroatoms. The Kier molecular flexibility index (Phi) is 6.77. The topological polar surface area (TPSA) is 17.8 Å². The largest absolute Gasteiger partial charge is 0.305 e. The van der Waals surface area contributed by atoms with Gasteiger partial charge in [0.15, 0.2) is 0 Å². The van der Waals surface area contributed by atoms with Crippen LogP contribution in [0.2, 0.25) is 0 Å². The molecule has 0 radical (unpaired) electrons. The van der Waals surface area contributed by atoms with Crippen LogP contribution in [0.15, 0.2) is 188 Å². The molecule has 9 aromatic carbocycles. The van der Waals surface area contributed by atoms with E-state index in [1.165, 1.54) is 60.0 Å². The third-order valence-electron chi connectivity index (χ3n) is 11.1. The summed E-state index contributed by atoms with van der Waals surface area (Å²) < 4.78 is 18.3. The second kappa shape index (κ2) is 12.0. The van der Waals surface area contributed by atoms with E-state index in [9.17, 15) is 0 Å². The lowest BCUT2D eigenvalue weighted by atomic mass is 9.82. The summed E-state index contributed by atoms with van der Waals surface area (Å²) in [6.45, 7) is 0. The van der Waals surface area contributed by atoms with E-state index < -0.39 is 0 Å². The molecular formula is C51H31FN2. The summed E-state index contributed by atoms with van der Waals surface area (Å²) in [7, 11) is 0. The smallest absolute Gasteiger partial charge is 0.147 e. The van der Waals surface area contributed by atoms with Crippen LogP contribution < -0.4 is 0 Å². The van der Waals surface area contributed by atoms with Crippen molar-refractivity contribution in [2.24, 2.45) is 0 Å². The second-order valence-corrected chi connectivity index (χ2v) is 14.0. The maximum Gasteiger partial charge on any atom is 0.147 e. The van der Waals surface area contributed by atoms with Crippen molar-refractivity contribution in [3.63, 3.8) is 0 Å². The predicted molar refractivity (Wildman–Crippen MR) is 225 cm³/mol. The van der Waals surface area contributed by atoms with Gasteiger partial charge in [-0.2, -0.15) is 0 Å². The minimum atomic E-state index is -0.268. The van der Waals surface area contributed by atoms with E-state index in [0.29, 0.717) is 5.52 Å². The highest BCUT2D eigenvalue weighted by Crippen LogP contribution is 2.48. The van der Waals surface area contributed by atoms with Crippen molar-refractivity contribution < 1.29 is 4.39 Å². The van der Waals surface area contributed by atoms with Gasteiger partial charge < -0.3 is 4.57 Å². The van der Waals surface area contributed by atoms with Crippen molar-refractivity contribution in [3.8, 4) is 39.1 Å². The summed E-state index contributed by atoms with van der Waals surface area (Å²) >= 11 is 0. The van der Waals surface area contributed by atoms with Gasteiger partial charge in [-0.25, -0.2) is 4.39 Å². The fourth-order valence-electron chi connectivity index (χ4n) is 8.85. The lowest BCUT2D eigenvalue weighted by Crippen LogP contribution is -1.96. The number of hydrogen-bond acceptors (Lipinski definition) is 1. The highest BCUT2D eigenvalue weighted by molar-refractivity contribution is 6.26. The van der Waals surface area contributed by atoms with E-state index in [1.807, 2.05) is 53.2 Å². The number of benzene rings is 9. The van der Waals surface area contributed by atoms with E-state index in [-0.39, 0.29) is 5.82 Å². The van der Waals surface area contributed by atoms with Crippen LogP contribution >= 0.6 is 0 Å². The van der Waals surface area contributed by atoms with E-state index >= 15 is 4.39 Å². The molecule has 0 fully saturated rings. The van der Waals surface area contributed by atoms with Crippen LogP contribution in [0, 0.1) is 5.82 Å². The van der Waals surface area contributed by atoms with Gasteiger partial charge >= 0.3 is 0 Å². The van der Waals surface area contributed by atoms with Crippen molar-refractivity contribution in [2.45, 2.75) is 0 Å². The zero-order valence-corrected chi connectivity index (χ0v) is 29.2. The molecule has 2 aromatic heterocycles. The molecule has 2 heterocycles. The van der Waals surface area contributed by atoms with Gasteiger partial charge in [0, 0.05) is 22.7 Å². The second-order valence-electron chi connectivity index (χ2n) is 14.0. The Morgan fingerprint density at radius 1 is 0.426 bits per heavy atom. The van der Waals surface area contributed by atoms with E-state index in [2.05, 4.69) is 132 Å². The monoisotopic (exact) mass is 690 g/mol. The predicted octanol–water partition coefficient (Wildman–Crippen LogP) is 13.9. The lowest BCUT2D eigenvalue weighted by Gasteiger charge is -2.20. The van der Waals surface area contributed by atoms with Gasteiger partial charge in [-0.1, -0.05) is 146 Å². The molecule has 11 rings (SSSR count). The average molecular weight is 691 g/mol. The van der Waals surface area contributed by atoms with Crippen LogP contribution in [0.25, 0.3) is 104 Å². The van der Waals surface area contributed by atoms with Gasteiger partial charge in [0.1, 0.15) is 5.82 Å². The molecule has 2 nitrogen and oxygen atoms in total. The standard InChI is InChI=1S/C51H31FN2/c52-46-27-26-38(50-44-28-29-53-31-47(44)54(51(46)50)35-16-2-1-3-17-35)34-24-25-43-45(30-34)49(40-23-11-15-33-13-5-7-19-37(33)40)42-21-9-8-20-41(42)48(43)39-22-10-14-32-12-4-6-18-36(32)39/h1-31H. The van der Waals surface area contributed by atoms with Crippen molar-refractivity contribution in [1.29, 1.82) is 0 Å². The molecule has 0 amide bonds. The molecule has 0 unspecified atom stereocenters. The van der Waals surface area contributed by atoms with Crippen LogP contribution in [0.1, 0.15) is 0 Å². The Labute approximate surface area is 311 Å². The molecule has 0 bridgehead atoms. The number of nitrogens with zero attached hydrogens (tertiary/aromatic N) is 2. The Bertz CT molecular complexity index is 3280. The summed E-state index contributed by atoms with van der Waals surface area (Å²) in [5, 5.41) is 11.4. The van der Waals surface area contributed by atoms with Crippen molar-refractivity contribution in [1.82, 2.24) is 9.55 Å². The fourth-order valence-corrected chi connectivity index (χ4v) is 8.85. The zero-order valence-electron chi connectivity index (χ0n) is 29.2. The third-order valence-corrected chi connectivity index (χ3v) is 11.1. The lowest BCUT2D eigenvalue weighted by molar-refractivity contribution is 0.635. The molecule has 0 aliphatic carbocycles. The molecule has 0 aliphatic rings. The summed E-state index contributed by atoms with van der Waals surface area (Å²) in [5.74, 6) is -0.268. The Balaban J connectivity index is 1.30. The van der Waals surface area contributed by atoms with Crippen LogP contribution in [0.5, 0.6) is 0 Å². The van der Waals surface area contributed by atoms with Gasteiger partial charge in [0.2, 0.25) is 0 Å². The first-order chi connectivity index (χ1) is 26.7. The summed E-state index contributed by atoms with van der Waals surface area (Å²) in [5.41, 5.74) is 9.10. The first-order valence-corrected chi connectivity index (χ1v) is 18.3. The fraction of sp³-hybridized carbons (Fsp3) is 0. The minimum absolute atomic E-state index is 0.268. The average Bonchev–Trinajstić information content (AvgIpc) is 3.59. The van der Waals surface area contributed by atoms with Crippen molar-refractivity contribution in [2.75, 3.05) is 0 Å². The summed E-state index contributed by atoms with van der Waals surface area (Å²) in [6.07, 6.45) is 3.64. The number of pyridine rings is 1. The van der Waals surface area contributed by atoms with Gasteiger partial charge in [0.05, 0.1) is 17.2 Å². The Morgan fingerprint density at radius 2 is 1.00 bits per heavy atom. The van der Waals surface area contributed by atoms with Crippen molar-refractivity contribution in [3.05, 3.63) is 194 Å². The minimum Gasteiger partial charge on any atom is -0.305 e. The van der Waals surface area contributed by atoms with E-state index in [0.717, 1.165) is 38.5 Å². The highest BCUT2D eigenvalue weighted by Gasteiger charge is 2.23. The van der Waals surface area contributed by atoms with Crippen LogP contribution in [-0.4, -0.2) is 9.55 Å². The molecule has 54 heavy (non-hydrogen) atoms. The number of hydrogen-bond donors (Lipinski definition) is 0. The number of halogens is 1. The SMILES string of the molecule is Fc1ccc(-c2ccc3c(-c4cccc5ccccc45)c4ccccc4c(-c4cccc5ccccc45)c3c2)c2c3ccncc3n(-c3ccccc3)c12. The first kappa shape index (κ1) is 30.5. The van der Waals surface area contributed by atoms with Crippen molar-refractivity contribution >= 4 is 64.9 Å². The van der Waals surface area contributed by atoms with E-state index in [1.54, 1.807) is 12.3 Å². The first-order valence-electron chi connectivity index (χ1n) is 18.3. The van der Waals surface area contributed by atoms with Gasteiger partial charge in [-0.3, -0.25) is 4.98 Å². The maximum atomic E-state index is 16.3. The summed E-state index contributed by atoms with van der Waals surface area (Å²) in [4.78, 5) is 4.48. The highest BCUT2D eigenvalue weighted by atomic mass is 19.1. The maximum absolute atomic E-state index is 16.3. The van der Waals surface area contributed by atoms with Crippen LogP contribution in [0.3, 0.4) is 0 Å². The normalized spacial score (nSPS) is 11.8. The number of fused-ring (bicyclic) bond motifs is 7. The number of para-hydroxylation sites is 1. The van der Waals surface area contributed by atoms with E-state index in [4.69, 9.17) is 0 Å². The molecule has 0 aliphatic heterocycles. The van der Waals surface area contributed by atoms with Gasteiger partial charge in [0.25, 0.3) is 0 Å². The Hall–Kier alpha value is -7.10. The summed E-state index contributed by atoms with van der Waals surface area (Å²) in [6, 6.07) is 61.7. The molecule has 0 N–H and O–H groups in total. The molecule has 0 atom stereocenters. The number of aromatic nitrogens is 2. The molecule has 0 saturated heterocycles. The molecule has 11 aromatic rings. The van der Waals surface area contributed by atoms with Crippen LogP contribution in [-0.2, 0) is 0 Å².